The Bertz CT molecular complexity index is 1210. The minimum atomic E-state index is -0.436. The van der Waals surface area contributed by atoms with Gasteiger partial charge in [0.05, 0.1) is 16.4 Å². The number of halogens is 2. The first-order valence-corrected chi connectivity index (χ1v) is 10.0. The molecule has 0 atom stereocenters. The number of benzene rings is 3. The van der Waals surface area contributed by atoms with Crippen molar-refractivity contribution in [2.45, 2.75) is 13.8 Å². The average molecular weight is 437 g/mol. The Morgan fingerprint density at radius 2 is 1.60 bits per heavy atom. The molecule has 0 aliphatic carbocycles. The van der Waals surface area contributed by atoms with Crippen LogP contribution in [0.4, 0.5) is 5.69 Å². The number of anilines is 1. The lowest BCUT2D eigenvalue weighted by atomic mass is 10.2. The van der Waals surface area contributed by atoms with Crippen molar-refractivity contribution in [1.29, 1.82) is 0 Å². The summed E-state index contributed by atoms with van der Waals surface area (Å²) in [6, 6.07) is 20.5. The van der Waals surface area contributed by atoms with Gasteiger partial charge in [0.15, 0.2) is 5.82 Å². The monoisotopic (exact) mass is 436 g/mol. The van der Waals surface area contributed by atoms with Crippen molar-refractivity contribution in [3.63, 3.8) is 0 Å². The fourth-order valence-corrected chi connectivity index (χ4v) is 3.52. The number of nitrogens with zero attached hydrogens (tertiary/aromatic N) is 3. The maximum atomic E-state index is 13.0. The SMILES string of the molecule is Cc1ccccc1-n1nc(C(=O)Nc2c(C)cccc2Cl)nc1-c1ccc(Cl)cc1. The summed E-state index contributed by atoms with van der Waals surface area (Å²) in [7, 11) is 0. The molecule has 0 bridgehead atoms. The van der Waals surface area contributed by atoms with Crippen LogP contribution >= 0.6 is 23.2 Å². The van der Waals surface area contributed by atoms with Crippen molar-refractivity contribution < 1.29 is 4.79 Å². The fourth-order valence-electron chi connectivity index (χ4n) is 3.12. The summed E-state index contributed by atoms with van der Waals surface area (Å²) < 4.78 is 1.67. The first kappa shape index (κ1) is 20.1. The highest BCUT2D eigenvalue weighted by Crippen LogP contribution is 2.27. The standard InChI is InChI=1S/C23H18Cl2N4O/c1-14-6-3-4-9-19(14)29-22(16-10-12-17(24)13-11-16)27-21(28-29)23(30)26-20-15(2)7-5-8-18(20)25/h3-13H,1-2H3,(H,26,30). The van der Waals surface area contributed by atoms with Gasteiger partial charge in [0.1, 0.15) is 0 Å². The quantitative estimate of drug-likeness (QED) is 0.419. The van der Waals surface area contributed by atoms with Crippen molar-refractivity contribution in [2.75, 3.05) is 5.32 Å². The predicted octanol–water partition coefficient (Wildman–Crippen LogP) is 6.11. The Hall–Kier alpha value is -3.15. The number of nitrogens with one attached hydrogen (secondary N) is 1. The van der Waals surface area contributed by atoms with Crippen LogP contribution in [0.5, 0.6) is 0 Å². The second-order valence-electron chi connectivity index (χ2n) is 6.85. The Morgan fingerprint density at radius 1 is 0.900 bits per heavy atom. The molecular formula is C23H18Cl2N4O. The number of carbonyl (C=O) groups excluding carboxylic acids is 1. The molecule has 0 saturated carbocycles. The van der Waals surface area contributed by atoms with E-state index in [-0.39, 0.29) is 5.82 Å². The average Bonchev–Trinajstić information content (AvgIpc) is 3.17. The maximum Gasteiger partial charge on any atom is 0.295 e. The van der Waals surface area contributed by atoms with Crippen LogP contribution in [0.25, 0.3) is 17.1 Å². The molecule has 0 aliphatic heterocycles. The topological polar surface area (TPSA) is 59.8 Å². The molecule has 0 radical (unpaired) electrons. The van der Waals surface area contributed by atoms with Crippen LogP contribution in [-0.2, 0) is 0 Å². The molecule has 4 rings (SSSR count). The van der Waals surface area contributed by atoms with E-state index in [1.165, 1.54) is 0 Å². The molecule has 0 unspecified atom stereocenters. The van der Waals surface area contributed by atoms with Crippen LogP contribution in [-0.4, -0.2) is 20.7 Å². The number of aryl methyl sites for hydroxylation is 2. The van der Waals surface area contributed by atoms with E-state index in [2.05, 4.69) is 15.4 Å². The number of hydrogen-bond donors (Lipinski definition) is 1. The van der Waals surface area contributed by atoms with E-state index in [0.29, 0.717) is 21.6 Å². The zero-order valence-corrected chi connectivity index (χ0v) is 17.9. The Balaban J connectivity index is 1.80. The Kier molecular flexibility index (Phi) is 5.57. The molecule has 150 valence electrons. The second-order valence-corrected chi connectivity index (χ2v) is 7.69. The van der Waals surface area contributed by atoms with Crippen LogP contribution < -0.4 is 5.32 Å². The molecule has 5 nitrogen and oxygen atoms in total. The Morgan fingerprint density at radius 3 is 2.30 bits per heavy atom. The minimum absolute atomic E-state index is 0.0440. The van der Waals surface area contributed by atoms with Gasteiger partial charge < -0.3 is 5.32 Å². The van der Waals surface area contributed by atoms with Crippen LogP contribution in [0.15, 0.2) is 66.7 Å². The summed E-state index contributed by atoms with van der Waals surface area (Å²) in [5, 5.41) is 8.42. The third kappa shape index (κ3) is 3.95. The first-order chi connectivity index (χ1) is 14.4. The summed E-state index contributed by atoms with van der Waals surface area (Å²) in [6.45, 7) is 3.86. The summed E-state index contributed by atoms with van der Waals surface area (Å²) in [4.78, 5) is 17.5. The summed E-state index contributed by atoms with van der Waals surface area (Å²) in [6.07, 6.45) is 0. The Labute approximate surface area is 184 Å². The van der Waals surface area contributed by atoms with E-state index in [9.17, 15) is 4.79 Å². The van der Waals surface area contributed by atoms with Gasteiger partial charge in [-0.25, -0.2) is 9.67 Å². The largest absolute Gasteiger partial charge is 0.318 e. The van der Waals surface area contributed by atoms with Crippen LogP contribution in [0, 0.1) is 13.8 Å². The minimum Gasteiger partial charge on any atom is -0.318 e. The first-order valence-electron chi connectivity index (χ1n) is 9.29. The smallest absolute Gasteiger partial charge is 0.295 e. The van der Waals surface area contributed by atoms with Crippen molar-refractivity contribution in [3.05, 3.63) is 93.7 Å². The maximum absolute atomic E-state index is 13.0. The molecule has 1 amide bonds. The molecule has 1 N–H and O–H groups in total. The normalized spacial score (nSPS) is 10.8. The van der Waals surface area contributed by atoms with E-state index in [0.717, 1.165) is 22.4 Å². The molecule has 30 heavy (non-hydrogen) atoms. The number of amides is 1. The number of aromatic nitrogens is 3. The number of rotatable bonds is 4. The third-order valence-corrected chi connectivity index (χ3v) is 5.28. The van der Waals surface area contributed by atoms with Crippen molar-refractivity contribution in [1.82, 2.24) is 14.8 Å². The van der Waals surface area contributed by atoms with Crippen molar-refractivity contribution in [2.24, 2.45) is 0 Å². The molecule has 0 aliphatic rings. The van der Waals surface area contributed by atoms with E-state index >= 15 is 0 Å². The fraction of sp³-hybridized carbons (Fsp3) is 0.0870. The summed E-state index contributed by atoms with van der Waals surface area (Å²) in [5.74, 6) is 0.151. The van der Waals surface area contributed by atoms with Gasteiger partial charge in [-0.3, -0.25) is 4.79 Å². The van der Waals surface area contributed by atoms with E-state index in [4.69, 9.17) is 23.2 Å². The molecule has 7 heteroatoms. The zero-order valence-electron chi connectivity index (χ0n) is 16.4. The van der Waals surface area contributed by atoms with Crippen molar-refractivity contribution >= 4 is 34.8 Å². The van der Waals surface area contributed by atoms with Crippen LogP contribution in [0.1, 0.15) is 21.7 Å². The predicted molar refractivity (Wildman–Crippen MR) is 121 cm³/mol. The lowest BCUT2D eigenvalue weighted by Crippen LogP contribution is -2.15. The van der Waals surface area contributed by atoms with Gasteiger partial charge in [-0.1, -0.05) is 53.5 Å². The molecule has 1 heterocycles. The molecule has 0 saturated heterocycles. The molecule has 4 aromatic rings. The van der Waals surface area contributed by atoms with Gasteiger partial charge in [-0.05, 0) is 61.4 Å². The highest BCUT2D eigenvalue weighted by Gasteiger charge is 2.21. The van der Waals surface area contributed by atoms with Gasteiger partial charge >= 0.3 is 0 Å². The molecular weight excluding hydrogens is 419 g/mol. The van der Waals surface area contributed by atoms with Gasteiger partial charge in [0.25, 0.3) is 5.91 Å². The number of carbonyl (C=O) groups is 1. The number of hydrogen-bond acceptors (Lipinski definition) is 3. The molecule has 1 aromatic heterocycles. The van der Waals surface area contributed by atoms with E-state index in [1.54, 1.807) is 22.9 Å². The molecule has 3 aromatic carbocycles. The van der Waals surface area contributed by atoms with Crippen molar-refractivity contribution in [3.8, 4) is 17.1 Å². The highest BCUT2D eigenvalue weighted by atomic mass is 35.5. The van der Waals surface area contributed by atoms with Gasteiger partial charge in [0, 0.05) is 10.6 Å². The lowest BCUT2D eigenvalue weighted by molar-refractivity contribution is 0.101. The van der Waals surface area contributed by atoms with Gasteiger partial charge in [-0.2, -0.15) is 0 Å². The third-order valence-electron chi connectivity index (χ3n) is 4.72. The lowest BCUT2D eigenvalue weighted by Gasteiger charge is -2.09. The summed E-state index contributed by atoms with van der Waals surface area (Å²) in [5.41, 5.74) is 4.04. The van der Waals surface area contributed by atoms with Gasteiger partial charge in [-0.15, -0.1) is 5.10 Å². The molecule has 0 spiro atoms. The zero-order chi connectivity index (χ0) is 21.3. The molecule has 0 fully saturated rings. The van der Waals surface area contributed by atoms with E-state index < -0.39 is 5.91 Å². The van der Waals surface area contributed by atoms with Crippen LogP contribution in [0.2, 0.25) is 10.0 Å². The van der Waals surface area contributed by atoms with Gasteiger partial charge in [0.2, 0.25) is 5.82 Å². The van der Waals surface area contributed by atoms with Crippen LogP contribution in [0.3, 0.4) is 0 Å². The number of para-hydroxylation sites is 2. The highest BCUT2D eigenvalue weighted by molar-refractivity contribution is 6.34. The van der Waals surface area contributed by atoms with E-state index in [1.807, 2.05) is 62.4 Å². The second kappa shape index (κ2) is 8.30. The summed E-state index contributed by atoms with van der Waals surface area (Å²) >= 11 is 12.3.